The zero-order valence-electron chi connectivity index (χ0n) is 7.54. The zero-order valence-corrected chi connectivity index (χ0v) is 7.54. The van der Waals surface area contributed by atoms with Gasteiger partial charge >= 0.3 is 0 Å². The predicted molar refractivity (Wildman–Crippen MR) is 46.7 cm³/mol. The Morgan fingerprint density at radius 1 is 1.50 bits per heavy atom. The van der Waals surface area contributed by atoms with E-state index in [2.05, 4.69) is 0 Å². The van der Waals surface area contributed by atoms with Gasteiger partial charge in [-0.2, -0.15) is 0 Å². The third kappa shape index (κ3) is 1.63. The summed E-state index contributed by atoms with van der Waals surface area (Å²) >= 11 is 0. The first-order chi connectivity index (χ1) is 5.66. The van der Waals surface area contributed by atoms with Crippen LogP contribution in [0.5, 0.6) is 0 Å². The molecule has 2 nitrogen and oxygen atoms in total. The average Bonchev–Trinajstić information content (AvgIpc) is 2.50. The summed E-state index contributed by atoms with van der Waals surface area (Å²) in [4.78, 5) is 22.4. The van der Waals surface area contributed by atoms with Gasteiger partial charge in [0.1, 0.15) is 11.6 Å². The molecular formula is C10H14O2. The van der Waals surface area contributed by atoms with E-state index in [9.17, 15) is 9.59 Å². The van der Waals surface area contributed by atoms with Crippen LogP contribution in [-0.2, 0) is 9.59 Å². The van der Waals surface area contributed by atoms with Gasteiger partial charge in [-0.3, -0.25) is 9.59 Å². The molecule has 1 rings (SSSR count). The summed E-state index contributed by atoms with van der Waals surface area (Å²) in [5.74, 6) is 0.112. The van der Waals surface area contributed by atoms with Gasteiger partial charge in [-0.25, -0.2) is 0 Å². The van der Waals surface area contributed by atoms with Crippen LogP contribution < -0.4 is 0 Å². The van der Waals surface area contributed by atoms with Crippen molar-refractivity contribution in [2.24, 2.45) is 11.8 Å². The number of rotatable bonds is 3. The summed E-state index contributed by atoms with van der Waals surface area (Å²) in [5, 5.41) is 0. The molecule has 2 atom stereocenters. The molecule has 0 aliphatic heterocycles. The molecule has 0 aromatic carbocycles. The van der Waals surface area contributed by atoms with Crippen molar-refractivity contribution >= 4 is 11.6 Å². The summed E-state index contributed by atoms with van der Waals surface area (Å²) in [7, 11) is 0. The van der Waals surface area contributed by atoms with Crippen molar-refractivity contribution in [3.63, 3.8) is 0 Å². The Kier molecular flexibility index (Phi) is 2.79. The maximum atomic E-state index is 11.3. The molecular weight excluding hydrogens is 152 g/mol. The van der Waals surface area contributed by atoms with Gasteiger partial charge in [0.2, 0.25) is 0 Å². The molecule has 0 N–H and O–H groups in total. The summed E-state index contributed by atoms with van der Waals surface area (Å²) in [5.41, 5.74) is 0. The van der Waals surface area contributed by atoms with Crippen molar-refractivity contribution in [1.82, 2.24) is 0 Å². The van der Waals surface area contributed by atoms with Crippen molar-refractivity contribution in [2.75, 3.05) is 0 Å². The Balaban J connectivity index is 2.68. The topological polar surface area (TPSA) is 34.1 Å². The maximum absolute atomic E-state index is 11.3. The van der Waals surface area contributed by atoms with Gasteiger partial charge in [-0.05, 0) is 13.3 Å². The highest BCUT2D eigenvalue weighted by molar-refractivity contribution is 5.90. The average molecular weight is 166 g/mol. The molecule has 1 aliphatic carbocycles. The summed E-state index contributed by atoms with van der Waals surface area (Å²) in [6.07, 6.45) is 5.08. The Morgan fingerprint density at radius 3 is 2.67 bits per heavy atom. The molecule has 0 aromatic rings. The van der Waals surface area contributed by atoms with Crippen molar-refractivity contribution in [2.45, 2.75) is 26.7 Å². The standard InChI is InChI=1S/C10H14O2/c1-3-10(12)9-6-4-5-8(9)7(2)11/h4-5,8-9H,3,6H2,1-2H3. The first-order valence-electron chi connectivity index (χ1n) is 4.36. The van der Waals surface area contributed by atoms with E-state index >= 15 is 0 Å². The van der Waals surface area contributed by atoms with E-state index in [-0.39, 0.29) is 23.4 Å². The third-order valence-electron chi connectivity index (χ3n) is 2.40. The molecule has 0 bridgehead atoms. The summed E-state index contributed by atoms with van der Waals surface area (Å²) in [6, 6.07) is 0. The molecule has 12 heavy (non-hydrogen) atoms. The first kappa shape index (κ1) is 9.17. The Labute approximate surface area is 72.7 Å². The summed E-state index contributed by atoms with van der Waals surface area (Å²) in [6.45, 7) is 3.40. The molecule has 0 fully saturated rings. The van der Waals surface area contributed by atoms with Crippen LogP contribution in [0.25, 0.3) is 0 Å². The number of allylic oxidation sites excluding steroid dienone is 2. The van der Waals surface area contributed by atoms with E-state index in [1.54, 1.807) is 6.92 Å². The molecule has 0 amide bonds. The van der Waals surface area contributed by atoms with Gasteiger partial charge in [0.05, 0.1) is 0 Å². The lowest BCUT2D eigenvalue weighted by Gasteiger charge is -2.13. The molecule has 2 unspecified atom stereocenters. The number of hydrogen-bond donors (Lipinski definition) is 0. The number of carbonyl (C=O) groups excluding carboxylic acids is 2. The van der Waals surface area contributed by atoms with E-state index < -0.39 is 0 Å². The van der Waals surface area contributed by atoms with Crippen LogP contribution in [0.2, 0.25) is 0 Å². The summed E-state index contributed by atoms with van der Waals surface area (Å²) < 4.78 is 0. The molecule has 0 radical (unpaired) electrons. The van der Waals surface area contributed by atoms with Gasteiger partial charge in [0.15, 0.2) is 0 Å². The molecule has 0 heterocycles. The number of hydrogen-bond acceptors (Lipinski definition) is 2. The number of carbonyl (C=O) groups is 2. The van der Waals surface area contributed by atoms with E-state index in [0.717, 1.165) is 6.42 Å². The lowest BCUT2D eigenvalue weighted by molar-refractivity contribution is -0.129. The SMILES string of the molecule is CCC(=O)C1CC=CC1C(C)=O. The minimum Gasteiger partial charge on any atom is -0.299 e. The highest BCUT2D eigenvalue weighted by Crippen LogP contribution is 2.27. The van der Waals surface area contributed by atoms with Crippen LogP contribution >= 0.6 is 0 Å². The molecule has 0 saturated carbocycles. The van der Waals surface area contributed by atoms with E-state index in [0.29, 0.717) is 6.42 Å². The fraction of sp³-hybridized carbons (Fsp3) is 0.600. The number of ketones is 2. The van der Waals surface area contributed by atoms with Crippen molar-refractivity contribution in [1.29, 1.82) is 0 Å². The van der Waals surface area contributed by atoms with Crippen molar-refractivity contribution in [3.05, 3.63) is 12.2 Å². The second-order valence-electron chi connectivity index (χ2n) is 3.23. The Hall–Kier alpha value is -0.920. The van der Waals surface area contributed by atoms with Crippen molar-refractivity contribution < 1.29 is 9.59 Å². The quantitative estimate of drug-likeness (QED) is 0.598. The molecule has 0 aromatic heterocycles. The molecule has 2 heteroatoms. The smallest absolute Gasteiger partial charge is 0.137 e. The molecule has 0 saturated heterocycles. The zero-order chi connectivity index (χ0) is 9.14. The van der Waals surface area contributed by atoms with E-state index in [1.165, 1.54) is 0 Å². The minimum atomic E-state index is -0.141. The van der Waals surface area contributed by atoms with Crippen LogP contribution in [0, 0.1) is 11.8 Å². The van der Waals surface area contributed by atoms with Crippen LogP contribution in [0.4, 0.5) is 0 Å². The fourth-order valence-corrected chi connectivity index (χ4v) is 1.67. The van der Waals surface area contributed by atoms with Gasteiger partial charge < -0.3 is 0 Å². The second kappa shape index (κ2) is 3.65. The van der Waals surface area contributed by atoms with Gasteiger partial charge in [-0.1, -0.05) is 19.1 Å². The van der Waals surface area contributed by atoms with Gasteiger partial charge in [-0.15, -0.1) is 0 Å². The highest BCUT2D eigenvalue weighted by atomic mass is 16.1. The van der Waals surface area contributed by atoms with Gasteiger partial charge in [0.25, 0.3) is 0 Å². The second-order valence-corrected chi connectivity index (χ2v) is 3.23. The van der Waals surface area contributed by atoms with Crippen molar-refractivity contribution in [3.8, 4) is 0 Å². The van der Waals surface area contributed by atoms with Crippen LogP contribution in [-0.4, -0.2) is 11.6 Å². The van der Waals surface area contributed by atoms with E-state index in [1.807, 2.05) is 19.1 Å². The van der Waals surface area contributed by atoms with Gasteiger partial charge in [0, 0.05) is 18.3 Å². The Bertz CT molecular complexity index is 228. The maximum Gasteiger partial charge on any atom is 0.137 e. The largest absolute Gasteiger partial charge is 0.299 e. The fourth-order valence-electron chi connectivity index (χ4n) is 1.67. The van der Waals surface area contributed by atoms with Crippen LogP contribution in [0.1, 0.15) is 26.7 Å². The normalized spacial score (nSPS) is 27.5. The number of Topliss-reactive ketones (excluding diaryl/α,β-unsaturated/α-hetero) is 2. The monoisotopic (exact) mass is 166 g/mol. The van der Waals surface area contributed by atoms with Crippen LogP contribution in [0.3, 0.4) is 0 Å². The lowest BCUT2D eigenvalue weighted by Crippen LogP contribution is -2.23. The predicted octanol–water partition coefficient (Wildman–Crippen LogP) is 1.75. The molecule has 1 aliphatic rings. The minimum absolute atomic E-state index is 0.0625. The molecule has 66 valence electrons. The Morgan fingerprint density at radius 2 is 2.17 bits per heavy atom. The lowest BCUT2D eigenvalue weighted by atomic mass is 9.88. The highest BCUT2D eigenvalue weighted by Gasteiger charge is 2.30. The first-order valence-corrected chi connectivity index (χ1v) is 4.36. The van der Waals surface area contributed by atoms with E-state index in [4.69, 9.17) is 0 Å². The van der Waals surface area contributed by atoms with Crippen LogP contribution in [0.15, 0.2) is 12.2 Å². The molecule has 0 spiro atoms. The third-order valence-corrected chi connectivity index (χ3v) is 2.40.